The summed E-state index contributed by atoms with van der Waals surface area (Å²) in [5.74, 6) is 0.646. The first-order valence-corrected chi connectivity index (χ1v) is 8.24. The highest BCUT2D eigenvalue weighted by atomic mass is 32.2. The van der Waals surface area contributed by atoms with E-state index in [0.717, 1.165) is 5.82 Å². The Labute approximate surface area is 123 Å². The summed E-state index contributed by atoms with van der Waals surface area (Å²) in [6.07, 6.45) is 2.71. The van der Waals surface area contributed by atoms with Gasteiger partial charge in [0.25, 0.3) is 0 Å². The summed E-state index contributed by atoms with van der Waals surface area (Å²) in [7, 11) is -3.38. The van der Waals surface area contributed by atoms with Crippen molar-refractivity contribution < 1.29 is 13.5 Å². The molecule has 0 spiro atoms. The van der Waals surface area contributed by atoms with Crippen LogP contribution in [0.15, 0.2) is 30.6 Å². The number of H-pyrrole nitrogens is 1. The number of hydrogen-bond donors (Lipinski definition) is 3. The van der Waals surface area contributed by atoms with Gasteiger partial charge in [-0.2, -0.15) is 5.10 Å². The molecular weight excluding hydrogens is 292 g/mol. The van der Waals surface area contributed by atoms with E-state index in [9.17, 15) is 8.42 Å². The van der Waals surface area contributed by atoms with E-state index in [0.29, 0.717) is 30.5 Å². The van der Waals surface area contributed by atoms with Gasteiger partial charge in [-0.05, 0) is 17.5 Å². The zero-order chi connectivity index (χ0) is 15.1. The topological polar surface area (TPSA) is 108 Å². The molecule has 0 unspecified atom stereocenters. The Bertz CT molecular complexity index is 656. The van der Waals surface area contributed by atoms with Gasteiger partial charge in [-0.25, -0.2) is 18.1 Å². The summed E-state index contributed by atoms with van der Waals surface area (Å²) >= 11 is 0. The minimum Gasteiger partial charge on any atom is -0.392 e. The zero-order valence-corrected chi connectivity index (χ0v) is 12.3. The van der Waals surface area contributed by atoms with Gasteiger partial charge in [-0.15, -0.1) is 0 Å². The Kier molecular flexibility index (Phi) is 5.43. The maximum atomic E-state index is 12.0. The van der Waals surface area contributed by atoms with Crippen LogP contribution in [-0.4, -0.2) is 35.3 Å². The molecule has 2 aromatic rings. The molecule has 1 aromatic carbocycles. The third kappa shape index (κ3) is 5.25. The van der Waals surface area contributed by atoms with E-state index < -0.39 is 10.0 Å². The molecule has 2 rings (SSSR count). The summed E-state index contributed by atoms with van der Waals surface area (Å²) < 4.78 is 26.5. The van der Waals surface area contributed by atoms with Crippen molar-refractivity contribution in [2.45, 2.75) is 25.2 Å². The Balaban J connectivity index is 1.81. The third-order valence-corrected chi connectivity index (χ3v) is 4.27. The summed E-state index contributed by atoms with van der Waals surface area (Å²) in [5.41, 5.74) is 1.36. The molecule has 0 saturated heterocycles. The maximum absolute atomic E-state index is 12.0. The monoisotopic (exact) mass is 310 g/mol. The number of benzene rings is 1. The molecule has 114 valence electrons. The predicted molar refractivity (Wildman–Crippen MR) is 77.7 cm³/mol. The first-order chi connectivity index (χ1) is 10.1. The molecule has 3 N–H and O–H groups in total. The van der Waals surface area contributed by atoms with Crippen LogP contribution in [0.1, 0.15) is 23.4 Å². The van der Waals surface area contributed by atoms with Gasteiger partial charge >= 0.3 is 0 Å². The van der Waals surface area contributed by atoms with Crippen molar-refractivity contribution in [3.05, 3.63) is 47.5 Å². The van der Waals surface area contributed by atoms with Crippen molar-refractivity contribution in [1.29, 1.82) is 0 Å². The number of sulfonamides is 1. The van der Waals surface area contributed by atoms with Crippen molar-refractivity contribution in [3.8, 4) is 0 Å². The van der Waals surface area contributed by atoms with E-state index in [1.165, 1.54) is 6.33 Å². The molecule has 21 heavy (non-hydrogen) atoms. The summed E-state index contributed by atoms with van der Waals surface area (Å²) in [4.78, 5) is 3.97. The highest BCUT2D eigenvalue weighted by molar-refractivity contribution is 7.88. The lowest BCUT2D eigenvalue weighted by molar-refractivity contribution is 0.282. The Morgan fingerprint density at radius 1 is 1.29 bits per heavy atom. The number of aliphatic hydroxyl groups is 1. The number of aliphatic hydroxyl groups excluding tert-OH is 1. The van der Waals surface area contributed by atoms with Crippen LogP contribution in [0.5, 0.6) is 0 Å². The van der Waals surface area contributed by atoms with Gasteiger partial charge in [0.1, 0.15) is 12.2 Å². The zero-order valence-electron chi connectivity index (χ0n) is 11.5. The quantitative estimate of drug-likeness (QED) is 0.610. The summed E-state index contributed by atoms with van der Waals surface area (Å²) in [6, 6.07) is 6.90. The molecule has 1 aromatic heterocycles. The standard InChI is InChI=1S/C13H18N4O3S/c18-8-11-3-1-4-12(7-11)9-21(19,20)16-6-2-5-13-14-10-15-17-13/h1,3-4,7,10,16,18H,2,5-6,8-9H2,(H,14,15,17). The molecule has 0 atom stereocenters. The van der Waals surface area contributed by atoms with E-state index in [4.69, 9.17) is 5.11 Å². The second kappa shape index (κ2) is 7.30. The molecule has 0 aliphatic rings. The van der Waals surface area contributed by atoms with Gasteiger partial charge < -0.3 is 5.11 Å². The number of nitrogens with zero attached hydrogens (tertiary/aromatic N) is 2. The third-order valence-electron chi connectivity index (χ3n) is 2.91. The molecule has 0 bridgehead atoms. The number of rotatable bonds is 8. The number of aromatic amines is 1. The van der Waals surface area contributed by atoms with Crippen LogP contribution in [0.4, 0.5) is 0 Å². The fourth-order valence-corrected chi connectivity index (χ4v) is 3.10. The van der Waals surface area contributed by atoms with E-state index in [-0.39, 0.29) is 12.4 Å². The molecule has 0 aliphatic heterocycles. The van der Waals surface area contributed by atoms with Crippen LogP contribution < -0.4 is 4.72 Å². The van der Waals surface area contributed by atoms with Crippen molar-refractivity contribution in [2.24, 2.45) is 0 Å². The molecule has 1 heterocycles. The van der Waals surface area contributed by atoms with Crippen LogP contribution in [0.3, 0.4) is 0 Å². The van der Waals surface area contributed by atoms with E-state index in [2.05, 4.69) is 19.9 Å². The van der Waals surface area contributed by atoms with Crippen LogP contribution >= 0.6 is 0 Å². The largest absolute Gasteiger partial charge is 0.392 e. The van der Waals surface area contributed by atoms with Crippen molar-refractivity contribution in [1.82, 2.24) is 19.9 Å². The molecule has 0 amide bonds. The number of aryl methyl sites for hydroxylation is 1. The SMILES string of the molecule is O=S(=O)(Cc1cccc(CO)c1)NCCCc1ncn[nH]1. The maximum Gasteiger partial charge on any atom is 0.215 e. The Morgan fingerprint density at radius 3 is 2.81 bits per heavy atom. The fraction of sp³-hybridized carbons (Fsp3) is 0.385. The normalized spacial score (nSPS) is 11.7. The molecule has 0 aliphatic carbocycles. The van der Waals surface area contributed by atoms with Crippen LogP contribution in [0, 0.1) is 0 Å². The minimum absolute atomic E-state index is 0.0941. The minimum atomic E-state index is -3.38. The highest BCUT2D eigenvalue weighted by Crippen LogP contribution is 2.08. The van der Waals surface area contributed by atoms with E-state index in [1.54, 1.807) is 24.3 Å². The molecule has 0 radical (unpaired) electrons. The first-order valence-electron chi connectivity index (χ1n) is 6.59. The van der Waals surface area contributed by atoms with Crippen molar-refractivity contribution in [3.63, 3.8) is 0 Å². The lowest BCUT2D eigenvalue weighted by Crippen LogP contribution is -2.26. The second-order valence-corrected chi connectivity index (χ2v) is 6.47. The van der Waals surface area contributed by atoms with E-state index in [1.807, 2.05) is 0 Å². The molecule has 0 fully saturated rings. The average Bonchev–Trinajstić information content (AvgIpc) is 2.96. The summed E-state index contributed by atoms with van der Waals surface area (Å²) in [6.45, 7) is 0.251. The van der Waals surface area contributed by atoms with Crippen molar-refractivity contribution >= 4 is 10.0 Å². The fourth-order valence-electron chi connectivity index (χ4n) is 1.92. The average molecular weight is 310 g/mol. The van der Waals surface area contributed by atoms with Gasteiger partial charge in [-0.1, -0.05) is 24.3 Å². The molecule has 0 saturated carbocycles. The summed E-state index contributed by atoms with van der Waals surface area (Å²) in [5, 5.41) is 15.5. The lowest BCUT2D eigenvalue weighted by atomic mass is 10.1. The molecule has 7 nitrogen and oxygen atoms in total. The smallest absolute Gasteiger partial charge is 0.215 e. The van der Waals surface area contributed by atoms with Gasteiger partial charge in [0.05, 0.1) is 12.4 Å². The number of nitrogens with one attached hydrogen (secondary N) is 2. The predicted octanol–water partition coefficient (Wildman–Crippen LogP) is 0.349. The van der Waals surface area contributed by atoms with Crippen LogP contribution in [-0.2, 0) is 28.8 Å². The van der Waals surface area contributed by atoms with Crippen molar-refractivity contribution in [2.75, 3.05) is 6.54 Å². The number of aromatic nitrogens is 3. The van der Waals surface area contributed by atoms with Crippen LogP contribution in [0.25, 0.3) is 0 Å². The van der Waals surface area contributed by atoms with Gasteiger partial charge in [-0.3, -0.25) is 5.10 Å². The Morgan fingerprint density at radius 2 is 2.10 bits per heavy atom. The lowest BCUT2D eigenvalue weighted by Gasteiger charge is -2.07. The van der Waals surface area contributed by atoms with Gasteiger partial charge in [0.15, 0.2) is 0 Å². The second-order valence-electron chi connectivity index (χ2n) is 4.67. The first kappa shape index (κ1) is 15.6. The Hall–Kier alpha value is -1.77. The van der Waals surface area contributed by atoms with Gasteiger partial charge in [0, 0.05) is 13.0 Å². The van der Waals surface area contributed by atoms with Crippen LogP contribution in [0.2, 0.25) is 0 Å². The number of hydrogen-bond acceptors (Lipinski definition) is 5. The highest BCUT2D eigenvalue weighted by Gasteiger charge is 2.11. The van der Waals surface area contributed by atoms with E-state index >= 15 is 0 Å². The molecule has 8 heteroatoms. The molecular formula is C13H18N4O3S. The van der Waals surface area contributed by atoms with Gasteiger partial charge in [0.2, 0.25) is 10.0 Å².